The zero-order chi connectivity index (χ0) is 13.3. The van der Waals surface area contributed by atoms with Gasteiger partial charge in [0.25, 0.3) is 0 Å². The Labute approximate surface area is 94.4 Å². The van der Waals surface area contributed by atoms with E-state index in [-0.39, 0.29) is 17.9 Å². The fraction of sp³-hybridized carbons (Fsp3) is 0.182. The van der Waals surface area contributed by atoms with Gasteiger partial charge < -0.3 is 20.9 Å². The number of carboxylic acid groups (broad SMARTS) is 1. The lowest BCUT2D eigenvalue weighted by Gasteiger charge is -2.04. The van der Waals surface area contributed by atoms with Crippen LogP contribution in [0.5, 0.6) is 5.75 Å². The number of carboxylic acids is 1. The Morgan fingerprint density at radius 3 is 3.12 bits per heavy atom. The first-order valence-corrected chi connectivity index (χ1v) is 4.78. The molecule has 16 heavy (non-hydrogen) atoms. The number of H-pyrrole nitrogens is 1. The molecule has 1 aromatic carbocycles. The van der Waals surface area contributed by atoms with E-state index in [1.54, 1.807) is 12.3 Å². The van der Waals surface area contributed by atoms with Gasteiger partial charge in [-0.15, -0.1) is 0 Å². The average molecular weight is 222 g/mol. The van der Waals surface area contributed by atoms with Gasteiger partial charge in [0.05, 0.1) is 0 Å². The predicted octanol–water partition coefficient (Wildman–Crippen LogP) is 0.828. The molecule has 1 unspecified atom stereocenters. The highest BCUT2D eigenvalue weighted by molar-refractivity contribution is 5.85. The molecule has 5 heteroatoms. The molecule has 0 amide bonds. The molecule has 84 valence electrons. The van der Waals surface area contributed by atoms with Crippen molar-refractivity contribution in [3.63, 3.8) is 0 Å². The van der Waals surface area contributed by atoms with Gasteiger partial charge in [0, 0.05) is 23.5 Å². The number of hydrogen-bond acceptors (Lipinski definition) is 3. The monoisotopic (exact) mass is 222 g/mol. The first-order chi connectivity index (χ1) is 8.49. The molecule has 1 atom stereocenters. The molecule has 5 N–H and O–H groups in total. The number of nitrogens with one attached hydrogen (secondary N) is 1. The van der Waals surface area contributed by atoms with Gasteiger partial charge >= 0.3 is 5.97 Å². The van der Waals surface area contributed by atoms with Crippen molar-refractivity contribution in [3.05, 3.63) is 30.0 Å². The molecular weight excluding hydrogens is 208 g/mol. The summed E-state index contributed by atoms with van der Waals surface area (Å²) in [4.78, 5) is 13.9. The zero-order valence-electron chi connectivity index (χ0n) is 10.3. The Hall–Kier alpha value is -2.01. The molecule has 1 aromatic heterocycles. The molecule has 5 nitrogen and oxygen atoms in total. The van der Waals surface area contributed by atoms with E-state index in [1.165, 1.54) is 12.1 Å². The summed E-state index contributed by atoms with van der Waals surface area (Å²) >= 11 is 0. The molecular formula is C11H12N2O3. The molecule has 0 aliphatic rings. The summed E-state index contributed by atoms with van der Waals surface area (Å²) in [6.45, 7) is 0. The van der Waals surface area contributed by atoms with Crippen LogP contribution in [0.3, 0.4) is 0 Å². The third-order valence-corrected chi connectivity index (χ3v) is 2.45. The van der Waals surface area contributed by atoms with Crippen LogP contribution in [0.4, 0.5) is 0 Å². The molecule has 2 aromatic rings. The minimum Gasteiger partial charge on any atom is -0.508 e. The van der Waals surface area contributed by atoms with Crippen LogP contribution in [0.15, 0.2) is 24.4 Å². The van der Waals surface area contributed by atoms with Crippen molar-refractivity contribution in [2.24, 2.45) is 5.72 Å². The maximum atomic E-state index is 10.9. The summed E-state index contributed by atoms with van der Waals surface area (Å²) in [5.74, 6) is -1.14. The largest absolute Gasteiger partial charge is 0.508 e. The van der Waals surface area contributed by atoms with E-state index < -0.39 is 12.0 Å². The Morgan fingerprint density at radius 2 is 2.44 bits per heavy atom. The van der Waals surface area contributed by atoms with E-state index in [1.807, 2.05) is 0 Å². The minimum absolute atomic E-state index is 0.0196. The number of aromatic amines is 1. The van der Waals surface area contributed by atoms with Crippen molar-refractivity contribution in [2.75, 3.05) is 0 Å². The van der Waals surface area contributed by atoms with Crippen LogP contribution < -0.4 is 5.72 Å². The maximum Gasteiger partial charge on any atom is 0.320 e. The SMILES string of the molecule is [2H]N([2H])C(Cc1c[nH]c2ccc(O)cc12)C(=O)O. The Bertz CT molecular complexity index is 583. The van der Waals surface area contributed by atoms with Crippen LogP contribution >= 0.6 is 0 Å². The molecule has 0 fully saturated rings. The van der Waals surface area contributed by atoms with Crippen molar-refractivity contribution in [2.45, 2.75) is 12.5 Å². The number of hydrogen-bond donors (Lipinski definition) is 4. The number of aliphatic carboxylic acids is 1. The fourth-order valence-electron chi connectivity index (χ4n) is 1.63. The third kappa shape index (κ3) is 1.85. The summed E-state index contributed by atoms with van der Waals surface area (Å²) in [5.41, 5.74) is 1.59. The molecule has 0 spiro atoms. The average Bonchev–Trinajstić information content (AvgIpc) is 2.67. The van der Waals surface area contributed by atoms with Crippen LogP contribution in [0, 0.1) is 0 Å². The third-order valence-electron chi connectivity index (χ3n) is 2.45. The topological polar surface area (TPSA) is 99.3 Å². The molecule has 0 aliphatic heterocycles. The summed E-state index contributed by atoms with van der Waals surface area (Å²) in [6, 6.07) is 3.49. The van der Waals surface area contributed by atoms with Crippen LogP contribution in [-0.2, 0) is 11.2 Å². The number of aromatic nitrogens is 1. The van der Waals surface area contributed by atoms with E-state index in [9.17, 15) is 9.90 Å². The molecule has 0 aliphatic carbocycles. The lowest BCUT2D eigenvalue weighted by molar-refractivity contribution is -0.138. The summed E-state index contributed by atoms with van der Waals surface area (Å²) < 4.78 is 14.2. The second-order valence-electron chi connectivity index (χ2n) is 3.60. The van der Waals surface area contributed by atoms with Gasteiger partial charge in [-0.1, -0.05) is 0 Å². The van der Waals surface area contributed by atoms with E-state index in [0.29, 0.717) is 10.9 Å². The van der Waals surface area contributed by atoms with Crippen LogP contribution in [0.2, 0.25) is 2.82 Å². The number of fused-ring (bicyclic) bond motifs is 1. The number of phenols is 1. The smallest absolute Gasteiger partial charge is 0.320 e. The van der Waals surface area contributed by atoms with Crippen molar-refractivity contribution in [1.29, 1.82) is 0 Å². The first kappa shape index (κ1) is 8.18. The Balaban J connectivity index is 2.36. The minimum atomic E-state index is -1.24. The van der Waals surface area contributed by atoms with Crippen LogP contribution in [-0.4, -0.2) is 27.2 Å². The number of rotatable bonds is 4. The number of aromatic hydroxyl groups is 1. The van der Waals surface area contributed by atoms with Crippen molar-refractivity contribution in [3.8, 4) is 5.75 Å². The first-order valence-electron chi connectivity index (χ1n) is 5.67. The van der Waals surface area contributed by atoms with Gasteiger partial charge in [0.1, 0.15) is 14.6 Å². The lowest BCUT2D eigenvalue weighted by Crippen LogP contribution is -2.32. The summed E-state index contributed by atoms with van der Waals surface area (Å²) in [7, 11) is 0. The number of nitrogens with two attached hydrogens (primary N) is 1. The van der Waals surface area contributed by atoms with E-state index in [0.717, 1.165) is 5.52 Å². The number of carbonyl (C=O) groups is 1. The number of phenolic OH excluding ortho intramolecular Hbond substituents is 1. The highest BCUT2D eigenvalue weighted by atomic mass is 16.4. The Kier molecular flexibility index (Phi) is 1.97. The van der Waals surface area contributed by atoms with Gasteiger partial charge in [-0.25, -0.2) is 0 Å². The van der Waals surface area contributed by atoms with Gasteiger partial charge in [-0.05, 0) is 23.8 Å². The lowest BCUT2D eigenvalue weighted by atomic mass is 10.1. The normalized spacial score (nSPS) is 14.8. The second kappa shape index (κ2) is 3.86. The van der Waals surface area contributed by atoms with Gasteiger partial charge in [0.15, 0.2) is 0 Å². The van der Waals surface area contributed by atoms with Gasteiger partial charge in [0.2, 0.25) is 0 Å². The van der Waals surface area contributed by atoms with Crippen molar-refractivity contribution < 1.29 is 17.8 Å². The summed E-state index contributed by atoms with van der Waals surface area (Å²) in [5, 5.41) is 19.0. The maximum absolute atomic E-state index is 10.9. The zero-order valence-corrected chi connectivity index (χ0v) is 8.34. The van der Waals surface area contributed by atoms with E-state index in [4.69, 9.17) is 7.93 Å². The van der Waals surface area contributed by atoms with Crippen molar-refractivity contribution >= 4 is 16.9 Å². The molecule has 0 bridgehead atoms. The van der Waals surface area contributed by atoms with Crippen LogP contribution in [0.1, 0.15) is 5.56 Å². The molecule has 2 rings (SSSR count). The quantitative estimate of drug-likeness (QED) is 0.615. The highest BCUT2D eigenvalue weighted by Gasteiger charge is 2.14. The predicted molar refractivity (Wildman–Crippen MR) is 59.3 cm³/mol. The fourth-order valence-corrected chi connectivity index (χ4v) is 1.63. The van der Waals surface area contributed by atoms with Gasteiger partial charge in [-0.2, -0.15) is 0 Å². The second-order valence-corrected chi connectivity index (χ2v) is 3.60. The standard InChI is InChI=1S/C11H12N2O3/c12-9(11(15)16)3-6-5-13-10-2-1-7(14)4-8(6)10/h1-2,4-5,9,13-14H,3,12H2,(H,15,16)/i/hD2. The van der Waals surface area contributed by atoms with Gasteiger partial charge in [-0.3, -0.25) is 4.79 Å². The Morgan fingerprint density at radius 1 is 1.62 bits per heavy atom. The molecule has 0 radical (unpaired) electrons. The highest BCUT2D eigenvalue weighted by Crippen LogP contribution is 2.23. The van der Waals surface area contributed by atoms with E-state index >= 15 is 0 Å². The molecule has 1 heterocycles. The molecule has 0 saturated heterocycles. The summed E-state index contributed by atoms with van der Waals surface area (Å²) in [6.07, 6.45) is 1.65. The number of benzene rings is 1. The van der Waals surface area contributed by atoms with Crippen LogP contribution in [0.25, 0.3) is 10.9 Å². The molecule has 0 saturated carbocycles. The van der Waals surface area contributed by atoms with E-state index in [2.05, 4.69) is 4.98 Å². The van der Waals surface area contributed by atoms with Crippen molar-refractivity contribution in [1.82, 2.24) is 4.98 Å².